The summed E-state index contributed by atoms with van der Waals surface area (Å²) in [5.74, 6) is -0.178. The number of methoxy groups -OCH3 is 1. The lowest BCUT2D eigenvalue weighted by Crippen LogP contribution is -2.15. The molecule has 0 unspecified atom stereocenters. The maximum Gasteiger partial charge on any atom is 0.305 e. The Hall–Kier alpha value is -1.10. The summed E-state index contributed by atoms with van der Waals surface area (Å²) < 4.78 is 4.63. The smallest absolute Gasteiger partial charge is 0.305 e. The van der Waals surface area contributed by atoms with Crippen molar-refractivity contribution in [1.29, 1.82) is 0 Å². The maximum absolute atomic E-state index is 11.1. The van der Waals surface area contributed by atoms with E-state index in [9.17, 15) is 4.79 Å². The lowest BCUT2D eigenvalue weighted by Gasteiger charge is -2.13. The Kier molecular flexibility index (Phi) is 4.80. The summed E-state index contributed by atoms with van der Waals surface area (Å²) in [6.07, 6.45) is 6.30. The van der Waals surface area contributed by atoms with Crippen LogP contribution in [0.5, 0.6) is 0 Å². The highest BCUT2D eigenvalue weighted by molar-refractivity contribution is 7.13. The first-order valence-electron chi connectivity index (χ1n) is 6.92. The highest BCUT2D eigenvalue weighted by Gasteiger charge is 2.41. The van der Waals surface area contributed by atoms with Crippen LogP contribution in [0.3, 0.4) is 0 Å². The molecular formula is C14H22N2O2S. The lowest BCUT2D eigenvalue weighted by molar-refractivity contribution is -0.140. The molecule has 0 saturated heterocycles. The third-order valence-electron chi connectivity index (χ3n) is 3.72. The van der Waals surface area contributed by atoms with E-state index in [-0.39, 0.29) is 5.97 Å². The van der Waals surface area contributed by atoms with Crippen molar-refractivity contribution in [3.63, 3.8) is 0 Å². The summed E-state index contributed by atoms with van der Waals surface area (Å²) in [5, 5.41) is 6.44. The van der Waals surface area contributed by atoms with Gasteiger partial charge in [-0.25, -0.2) is 4.98 Å². The largest absolute Gasteiger partial charge is 0.469 e. The molecular weight excluding hydrogens is 260 g/mol. The van der Waals surface area contributed by atoms with Crippen LogP contribution in [0.15, 0.2) is 5.38 Å². The van der Waals surface area contributed by atoms with Crippen LogP contribution in [-0.2, 0) is 16.0 Å². The molecule has 1 aliphatic carbocycles. The molecule has 1 fully saturated rings. The number of aromatic nitrogens is 1. The van der Waals surface area contributed by atoms with Gasteiger partial charge in [0.1, 0.15) is 0 Å². The van der Waals surface area contributed by atoms with Gasteiger partial charge >= 0.3 is 5.97 Å². The van der Waals surface area contributed by atoms with E-state index in [0.717, 1.165) is 17.4 Å². The zero-order chi connectivity index (χ0) is 13.7. The molecule has 0 atom stereocenters. The minimum atomic E-state index is -0.178. The van der Waals surface area contributed by atoms with E-state index < -0.39 is 0 Å². The molecule has 5 heteroatoms. The predicted octanol–water partition coefficient (Wildman–Crippen LogP) is 3.24. The van der Waals surface area contributed by atoms with E-state index in [4.69, 9.17) is 0 Å². The molecule has 0 amide bonds. The number of carbonyl (C=O) groups excluding carboxylic acids is 1. The Morgan fingerprint density at radius 2 is 2.37 bits per heavy atom. The third kappa shape index (κ3) is 4.20. The number of thiazole rings is 1. The summed E-state index contributed by atoms with van der Waals surface area (Å²) in [5.41, 5.74) is 1.50. The Balaban J connectivity index is 1.76. The zero-order valence-electron chi connectivity index (χ0n) is 11.7. The van der Waals surface area contributed by atoms with Crippen molar-refractivity contribution < 1.29 is 9.53 Å². The van der Waals surface area contributed by atoms with Gasteiger partial charge in [0.15, 0.2) is 5.13 Å². The number of hydrogen-bond acceptors (Lipinski definition) is 5. The Labute approximate surface area is 118 Å². The van der Waals surface area contributed by atoms with E-state index in [1.807, 2.05) is 5.38 Å². The maximum atomic E-state index is 11.1. The topological polar surface area (TPSA) is 51.2 Å². The van der Waals surface area contributed by atoms with Gasteiger partial charge in [-0.1, -0.05) is 13.3 Å². The van der Waals surface area contributed by atoms with Crippen molar-refractivity contribution in [3.05, 3.63) is 11.1 Å². The number of anilines is 1. The fourth-order valence-corrected chi connectivity index (χ4v) is 3.06. The van der Waals surface area contributed by atoms with Gasteiger partial charge in [0.25, 0.3) is 0 Å². The second kappa shape index (κ2) is 6.37. The highest BCUT2D eigenvalue weighted by Crippen LogP contribution is 2.49. The fraction of sp³-hybridized carbons (Fsp3) is 0.714. The number of carbonyl (C=O) groups is 1. The SMILES string of the molecule is CCCC1(CNc2nc(CCC(=O)OC)cs2)CC1. The average molecular weight is 282 g/mol. The number of rotatable bonds is 8. The first-order chi connectivity index (χ1) is 9.17. The minimum absolute atomic E-state index is 0.178. The van der Waals surface area contributed by atoms with Crippen molar-refractivity contribution in [1.82, 2.24) is 4.98 Å². The Bertz CT molecular complexity index is 427. The molecule has 1 saturated carbocycles. The van der Waals surface area contributed by atoms with Crippen molar-refractivity contribution in [2.75, 3.05) is 19.0 Å². The van der Waals surface area contributed by atoms with Crippen LogP contribution in [0.1, 0.15) is 44.7 Å². The van der Waals surface area contributed by atoms with Crippen LogP contribution in [-0.4, -0.2) is 24.6 Å². The van der Waals surface area contributed by atoms with Crippen molar-refractivity contribution in [3.8, 4) is 0 Å². The molecule has 106 valence electrons. The van der Waals surface area contributed by atoms with Crippen LogP contribution in [0, 0.1) is 5.41 Å². The van der Waals surface area contributed by atoms with Gasteiger partial charge < -0.3 is 10.1 Å². The molecule has 1 aliphatic rings. The summed E-state index contributed by atoms with van der Waals surface area (Å²) in [6.45, 7) is 3.28. The predicted molar refractivity (Wildman–Crippen MR) is 77.5 cm³/mol. The van der Waals surface area contributed by atoms with Gasteiger partial charge in [-0.3, -0.25) is 4.79 Å². The normalized spacial score (nSPS) is 16.1. The van der Waals surface area contributed by atoms with E-state index >= 15 is 0 Å². The molecule has 0 aliphatic heterocycles. The number of esters is 1. The third-order valence-corrected chi connectivity index (χ3v) is 4.57. The van der Waals surface area contributed by atoms with Crippen LogP contribution < -0.4 is 5.32 Å². The highest BCUT2D eigenvalue weighted by atomic mass is 32.1. The number of ether oxygens (including phenoxy) is 1. The van der Waals surface area contributed by atoms with Gasteiger partial charge in [0.2, 0.25) is 0 Å². The Morgan fingerprint density at radius 3 is 3.00 bits per heavy atom. The second-order valence-electron chi connectivity index (χ2n) is 5.32. The van der Waals surface area contributed by atoms with Crippen LogP contribution >= 0.6 is 11.3 Å². The molecule has 0 radical (unpaired) electrons. The van der Waals surface area contributed by atoms with Crippen LogP contribution in [0.4, 0.5) is 5.13 Å². The first kappa shape index (κ1) is 14.3. The molecule has 19 heavy (non-hydrogen) atoms. The molecule has 0 spiro atoms. The van der Waals surface area contributed by atoms with Gasteiger partial charge in [-0.05, 0) is 24.7 Å². The van der Waals surface area contributed by atoms with E-state index in [1.54, 1.807) is 11.3 Å². The van der Waals surface area contributed by atoms with E-state index in [0.29, 0.717) is 18.3 Å². The van der Waals surface area contributed by atoms with Gasteiger partial charge in [-0.2, -0.15) is 0 Å². The first-order valence-corrected chi connectivity index (χ1v) is 7.80. The zero-order valence-corrected chi connectivity index (χ0v) is 12.5. The quantitative estimate of drug-likeness (QED) is 0.744. The van der Waals surface area contributed by atoms with E-state index in [2.05, 4.69) is 22.0 Å². The fourth-order valence-electron chi connectivity index (χ4n) is 2.32. The summed E-state index contributed by atoms with van der Waals surface area (Å²) in [4.78, 5) is 15.6. The number of nitrogens with zero attached hydrogens (tertiary/aromatic N) is 1. The molecule has 1 aromatic rings. The number of aryl methyl sites for hydroxylation is 1. The summed E-state index contributed by atoms with van der Waals surface area (Å²) in [7, 11) is 1.42. The van der Waals surface area contributed by atoms with Crippen LogP contribution in [0.2, 0.25) is 0 Å². The standard InChI is InChI=1S/C14H22N2O2S/c1-3-6-14(7-8-14)10-15-13-16-11(9-19-13)4-5-12(17)18-2/h9H,3-8,10H2,1-2H3,(H,15,16). The molecule has 0 aromatic carbocycles. The molecule has 4 nitrogen and oxygen atoms in total. The monoisotopic (exact) mass is 282 g/mol. The lowest BCUT2D eigenvalue weighted by atomic mass is 10.0. The summed E-state index contributed by atoms with van der Waals surface area (Å²) in [6, 6.07) is 0. The number of hydrogen-bond donors (Lipinski definition) is 1. The second-order valence-corrected chi connectivity index (χ2v) is 6.18. The number of nitrogens with one attached hydrogen (secondary N) is 1. The molecule has 0 bridgehead atoms. The molecule has 1 aromatic heterocycles. The van der Waals surface area contributed by atoms with Crippen molar-refractivity contribution >= 4 is 22.4 Å². The average Bonchev–Trinajstić information content (AvgIpc) is 3.03. The van der Waals surface area contributed by atoms with E-state index in [1.165, 1.54) is 32.8 Å². The van der Waals surface area contributed by atoms with Gasteiger partial charge in [0.05, 0.1) is 19.2 Å². The van der Waals surface area contributed by atoms with Crippen molar-refractivity contribution in [2.45, 2.75) is 45.4 Å². The van der Waals surface area contributed by atoms with Gasteiger partial charge in [-0.15, -0.1) is 11.3 Å². The van der Waals surface area contributed by atoms with Crippen LogP contribution in [0.25, 0.3) is 0 Å². The van der Waals surface area contributed by atoms with Gasteiger partial charge in [0, 0.05) is 18.3 Å². The molecule has 2 rings (SSSR count). The minimum Gasteiger partial charge on any atom is -0.469 e. The summed E-state index contributed by atoms with van der Waals surface area (Å²) >= 11 is 1.62. The Morgan fingerprint density at radius 1 is 1.58 bits per heavy atom. The van der Waals surface area contributed by atoms with Crippen molar-refractivity contribution in [2.24, 2.45) is 5.41 Å². The molecule has 1 heterocycles. The molecule has 1 N–H and O–H groups in total.